The van der Waals surface area contributed by atoms with Gasteiger partial charge in [0, 0.05) is 34.3 Å². The quantitative estimate of drug-likeness (QED) is 0.150. The molecule has 0 saturated heterocycles. The molecule has 0 aliphatic heterocycles. The molecule has 0 N–H and O–H groups in total. The summed E-state index contributed by atoms with van der Waals surface area (Å²) >= 11 is 0. The predicted octanol–water partition coefficient (Wildman–Crippen LogP) is 15.2. The Morgan fingerprint density at radius 2 is 1.31 bits per heavy atom. The Hall–Kier alpha value is -4.82. The minimum absolute atomic E-state index is 0.167. The Morgan fingerprint density at radius 3 is 1.91 bits per heavy atom. The highest BCUT2D eigenvalue weighted by atomic mass is 15.2. The zero-order chi connectivity index (χ0) is 38.4. The molecule has 3 atom stereocenters. The highest BCUT2D eigenvalue weighted by molar-refractivity contribution is 6.02. The molecular formula is C53H60N2. The summed E-state index contributed by atoms with van der Waals surface area (Å²) in [5.41, 5.74) is 15.0. The van der Waals surface area contributed by atoms with Gasteiger partial charge >= 0.3 is 0 Å². The third-order valence-electron chi connectivity index (χ3n) is 12.8. The number of nitrogens with zero attached hydrogens (tertiary/aromatic N) is 2. The first-order chi connectivity index (χ1) is 26.6. The molecule has 0 bridgehead atoms. The van der Waals surface area contributed by atoms with Crippen molar-refractivity contribution in [2.45, 2.75) is 105 Å². The lowest BCUT2D eigenvalue weighted by atomic mass is 9.80. The van der Waals surface area contributed by atoms with Gasteiger partial charge in [0.2, 0.25) is 0 Å². The molecule has 55 heavy (non-hydrogen) atoms. The Kier molecular flexibility index (Phi) is 10.4. The number of hydrogen-bond acceptors (Lipinski definition) is 2. The Morgan fingerprint density at radius 1 is 0.618 bits per heavy atom. The first-order valence-electron chi connectivity index (χ1n) is 21.1. The van der Waals surface area contributed by atoms with Crippen LogP contribution in [-0.4, -0.2) is 0 Å². The van der Waals surface area contributed by atoms with Gasteiger partial charge in [-0.3, -0.25) is 0 Å². The van der Waals surface area contributed by atoms with Crippen LogP contribution in [0, 0.1) is 17.8 Å². The second-order valence-corrected chi connectivity index (χ2v) is 17.6. The van der Waals surface area contributed by atoms with Gasteiger partial charge in [-0.15, -0.1) is 0 Å². The van der Waals surface area contributed by atoms with Gasteiger partial charge < -0.3 is 9.80 Å². The maximum absolute atomic E-state index is 2.65. The maximum atomic E-state index is 2.65. The van der Waals surface area contributed by atoms with Gasteiger partial charge in [-0.25, -0.2) is 0 Å². The lowest BCUT2D eigenvalue weighted by Gasteiger charge is -2.38. The van der Waals surface area contributed by atoms with Gasteiger partial charge in [-0.05, 0) is 131 Å². The molecule has 4 aliphatic carbocycles. The van der Waals surface area contributed by atoms with Crippen molar-refractivity contribution in [2.75, 3.05) is 9.80 Å². The standard InChI is InChI=1S/C53H60N2/c1-34(2)38-12-23-44(24-13-38)54(45-25-14-39(15-26-45)35(3)4)50-11-9-10-42-20-31-49-51(33-22-43-21-32-48(50)52(42)53(43)49)55(46-27-16-40(17-28-46)36(5)6)47-29-18-41(19-30-47)37(7)8/h9-10,12-14,16-18,20-29,31-37,39,42,50H,11,15,19,30H2,1-8H3. The molecule has 0 fully saturated rings. The zero-order valence-corrected chi connectivity index (χ0v) is 34.4. The molecule has 282 valence electrons. The molecule has 0 saturated carbocycles. The van der Waals surface area contributed by atoms with Gasteiger partial charge in [-0.1, -0.05) is 146 Å². The molecule has 0 spiro atoms. The smallest absolute Gasteiger partial charge is 0.0629 e. The second-order valence-electron chi connectivity index (χ2n) is 17.6. The number of hydrogen-bond donors (Lipinski definition) is 0. The van der Waals surface area contributed by atoms with E-state index in [1.54, 1.807) is 0 Å². The summed E-state index contributed by atoms with van der Waals surface area (Å²) in [6.45, 7) is 18.5. The van der Waals surface area contributed by atoms with Crippen LogP contribution in [0.15, 0.2) is 138 Å². The van der Waals surface area contributed by atoms with Crippen molar-refractivity contribution >= 4 is 33.9 Å². The number of benzene rings is 4. The van der Waals surface area contributed by atoms with Crippen molar-refractivity contribution in [1.82, 2.24) is 0 Å². The van der Waals surface area contributed by atoms with Crippen LogP contribution in [0.2, 0.25) is 0 Å². The lowest BCUT2D eigenvalue weighted by Crippen LogP contribution is -2.29. The summed E-state index contributed by atoms with van der Waals surface area (Å²) < 4.78 is 0. The summed E-state index contributed by atoms with van der Waals surface area (Å²) in [5, 5.41) is 2.72. The summed E-state index contributed by atoms with van der Waals surface area (Å²) in [4.78, 5) is 5.21. The van der Waals surface area contributed by atoms with E-state index in [4.69, 9.17) is 0 Å². The Labute approximate surface area is 331 Å². The molecule has 4 aliphatic rings. The summed E-state index contributed by atoms with van der Waals surface area (Å²) in [6, 6.07) is 28.5. The number of allylic oxidation sites excluding steroid dienone is 9. The first kappa shape index (κ1) is 37.1. The van der Waals surface area contributed by atoms with Crippen LogP contribution in [0.25, 0.3) is 16.8 Å². The van der Waals surface area contributed by atoms with E-state index < -0.39 is 0 Å². The molecule has 3 unspecified atom stereocenters. The van der Waals surface area contributed by atoms with Crippen LogP contribution in [0.1, 0.15) is 133 Å². The van der Waals surface area contributed by atoms with Crippen LogP contribution in [0.5, 0.6) is 0 Å². The summed E-state index contributed by atoms with van der Waals surface area (Å²) in [5.74, 6) is 3.01. The highest BCUT2D eigenvalue weighted by Crippen LogP contribution is 2.50. The van der Waals surface area contributed by atoms with Crippen LogP contribution in [-0.2, 0) is 0 Å². The van der Waals surface area contributed by atoms with E-state index in [9.17, 15) is 0 Å². The number of anilines is 3. The van der Waals surface area contributed by atoms with E-state index in [1.165, 1.54) is 72.6 Å². The topological polar surface area (TPSA) is 6.48 Å². The van der Waals surface area contributed by atoms with Crippen LogP contribution in [0.4, 0.5) is 17.1 Å². The van der Waals surface area contributed by atoms with Crippen LogP contribution >= 0.6 is 0 Å². The van der Waals surface area contributed by atoms with Crippen molar-refractivity contribution in [3.8, 4) is 0 Å². The Balaban J connectivity index is 1.30. The van der Waals surface area contributed by atoms with E-state index in [0.29, 0.717) is 29.6 Å². The molecule has 4 aromatic rings. The average Bonchev–Trinajstić information content (AvgIpc) is 3.38. The van der Waals surface area contributed by atoms with Gasteiger partial charge in [-0.2, -0.15) is 0 Å². The van der Waals surface area contributed by atoms with Crippen molar-refractivity contribution < 1.29 is 0 Å². The van der Waals surface area contributed by atoms with Gasteiger partial charge in [0.15, 0.2) is 0 Å². The molecule has 8 rings (SSSR count). The molecular weight excluding hydrogens is 665 g/mol. The largest absolute Gasteiger partial charge is 0.334 e. The van der Waals surface area contributed by atoms with Gasteiger partial charge in [0.1, 0.15) is 0 Å². The Bertz CT molecular complexity index is 2230. The van der Waals surface area contributed by atoms with E-state index in [0.717, 1.165) is 25.7 Å². The van der Waals surface area contributed by atoms with Crippen molar-refractivity contribution in [2.24, 2.45) is 17.8 Å². The fourth-order valence-electron chi connectivity index (χ4n) is 9.28. The molecule has 0 aromatic heterocycles. The highest BCUT2D eigenvalue weighted by Gasteiger charge is 2.33. The lowest BCUT2D eigenvalue weighted by molar-refractivity contribution is 0.464. The van der Waals surface area contributed by atoms with Crippen LogP contribution < -0.4 is 9.80 Å². The molecule has 0 radical (unpaired) electrons. The maximum Gasteiger partial charge on any atom is 0.0629 e. The summed E-state index contributed by atoms with van der Waals surface area (Å²) in [6.07, 6.45) is 26.1. The normalized spacial score (nSPS) is 20.3. The number of rotatable bonds is 10. The minimum atomic E-state index is 0.167. The minimum Gasteiger partial charge on any atom is -0.334 e. The fourth-order valence-corrected chi connectivity index (χ4v) is 9.28. The fraction of sp³-hybridized carbons (Fsp3) is 0.358. The second kappa shape index (κ2) is 15.4. The van der Waals surface area contributed by atoms with Gasteiger partial charge in [0.05, 0.1) is 11.7 Å². The molecule has 2 heteroatoms. The third kappa shape index (κ3) is 7.10. The third-order valence-corrected chi connectivity index (χ3v) is 12.8. The molecule has 0 heterocycles. The molecule has 2 nitrogen and oxygen atoms in total. The summed E-state index contributed by atoms with van der Waals surface area (Å²) in [7, 11) is 0. The molecule has 0 amide bonds. The first-order valence-corrected chi connectivity index (χ1v) is 21.1. The van der Waals surface area contributed by atoms with E-state index >= 15 is 0 Å². The van der Waals surface area contributed by atoms with Crippen molar-refractivity contribution in [3.05, 3.63) is 166 Å². The molecule has 4 aromatic carbocycles. The predicted molar refractivity (Wildman–Crippen MR) is 238 cm³/mol. The van der Waals surface area contributed by atoms with E-state index in [-0.39, 0.29) is 12.0 Å². The van der Waals surface area contributed by atoms with Crippen molar-refractivity contribution in [3.63, 3.8) is 0 Å². The monoisotopic (exact) mass is 724 g/mol. The van der Waals surface area contributed by atoms with Gasteiger partial charge in [0.25, 0.3) is 0 Å². The van der Waals surface area contributed by atoms with E-state index in [2.05, 4.69) is 193 Å². The van der Waals surface area contributed by atoms with Crippen LogP contribution in [0.3, 0.4) is 0 Å². The average molecular weight is 725 g/mol. The SMILES string of the molecule is CC(C)C1=CC=C(N(c2ccc(C(C)C)cc2)c2ccc3ccc4c5c3c2C=CC5C=CCC4N(C2=CCC(C(C)C)C=C2)c2ccc(C(C)C)cc2)CC1. The zero-order valence-electron chi connectivity index (χ0n) is 34.4. The van der Waals surface area contributed by atoms with Crippen molar-refractivity contribution in [1.29, 1.82) is 0 Å². The van der Waals surface area contributed by atoms with E-state index in [1.807, 2.05) is 0 Å².